The quantitative estimate of drug-likeness (QED) is 0.796. The fourth-order valence-electron chi connectivity index (χ4n) is 1.92. The molecular weight excluding hydrogens is 266 g/mol. The third-order valence-electron chi connectivity index (χ3n) is 2.99. The van der Waals surface area contributed by atoms with Crippen LogP contribution in [0.15, 0.2) is 60.9 Å². The van der Waals surface area contributed by atoms with Gasteiger partial charge in [-0.1, -0.05) is 42.5 Å². The largest absolute Gasteiger partial charge is 0.478 e. The standard InChI is InChI=1S/C16H11N3O2/c20-16(21)13-8-6-12(7-9-13)15-18-10-17-14(19-15)11-4-2-1-3-5-11/h1-10H,(H,20,21). The fraction of sp³-hybridized carbons (Fsp3) is 0. The van der Waals surface area contributed by atoms with Gasteiger partial charge in [0.2, 0.25) is 0 Å². The van der Waals surface area contributed by atoms with Gasteiger partial charge in [-0.15, -0.1) is 0 Å². The van der Waals surface area contributed by atoms with E-state index >= 15 is 0 Å². The monoisotopic (exact) mass is 277 g/mol. The minimum absolute atomic E-state index is 0.232. The number of carbonyl (C=O) groups is 1. The molecule has 1 heterocycles. The highest BCUT2D eigenvalue weighted by atomic mass is 16.4. The lowest BCUT2D eigenvalue weighted by Gasteiger charge is -2.03. The molecule has 5 nitrogen and oxygen atoms in total. The van der Waals surface area contributed by atoms with Gasteiger partial charge in [0.15, 0.2) is 11.6 Å². The second-order valence-electron chi connectivity index (χ2n) is 4.38. The first-order valence-electron chi connectivity index (χ1n) is 6.32. The minimum atomic E-state index is -0.956. The van der Waals surface area contributed by atoms with Gasteiger partial charge in [0.05, 0.1) is 5.56 Å². The number of aromatic nitrogens is 3. The predicted octanol–water partition coefficient (Wildman–Crippen LogP) is 2.90. The normalized spacial score (nSPS) is 10.3. The molecule has 3 aromatic rings. The van der Waals surface area contributed by atoms with Gasteiger partial charge in [0.1, 0.15) is 6.33 Å². The van der Waals surface area contributed by atoms with Crippen LogP contribution in [0.3, 0.4) is 0 Å². The minimum Gasteiger partial charge on any atom is -0.478 e. The molecule has 0 amide bonds. The van der Waals surface area contributed by atoms with Crippen LogP contribution in [0, 0.1) is 0 Å². The molecule has 102 valence electrons. The summed E-state index contributed by atoms with van der Waals surface area (Å²) < 4.78 is 0. The second kappa shape index (κ2) is 5.50. The van der Waals surface area contributed by atoms with Crippen LogP contribution in [0.1, 0.15) is 10.4 Å². The van der Waals surface area contributed by atoms with Gasteiger partial charge in [-0.05, 0) is 12.1 Å². The highest BCUT2D eigenvalue weighted by Crippen LogP contribution is 2.19. The van der Waals surface area contributed by atoms with Crippen molar-refractivity contribution in [3.05, 3.63) is 66.5 Å². The zero-order valence-electron chi connectivity index (χ0n) is 11.0. The van der Waals surface area contributed by atoms with Crippen molar-refractivity contribution in [2.24, 2.45) is 0 Å². The number of nitrogens with zero attached hydrogens (tertiary/aromatic N) is 3. The summed E-state index contributed by atoms with van der Waals surface area (Å²) in [5.74, 6) is 0.144. The van der Waals surface area contributed by atoms with Gasteiger partial charge < -0.3 is 5.11 Å². The fourth-order valence-corrected chi connectivity index (χ4v) is 1.92. The number of benzene rings is 2. The molecule has 5 heteroatoms. The van der Waals surface area contributed by atoms with Crippen LogP contribution < -0.4 is 0 Å². The smallest absolute Gasteiger partial charge is 0.335 e. The van der Waals surface area contributed by atoms with Crippen LogP contribution in [-0.2, 0) is 0 Å². The molecule has 3 rings (SSSR count). The topological polar surface area (TPSA) is 76.0 Å². The number of hydrogen-bond donors (Lipinski definition) is 1. The summed E-state index contributed by atoms with van der Waals surface area (Å²) in [5, 5.41) is 8.90. The summed E-state index contributed by atoms with van der Waals surface area (Å²) in [6, 6.07) is 16.0. The molecule has 2 aromatic carbocycles. The van der Waals surface area contributed by atoms with E-state index in [0.717, 1.165) is 11.1 Å². The number of rotatable bonds is 3. The van der Waals surface area contributed by atoms with Crippen LogP contribution in [0.2, 0.25) is 0 Å². The van der Waals surface area contributed by atoms with Gasteiger partial charge >= 0.3 is 5.97 Å². The van der Waals surface area contributed by atoms with E-state index in [1.807, 2.05) is 30.3 Å². The molecule has 1 N–H and O–H groups in total. The third-order valence-corrected chi connectivity index (χ3v) is 2.99. The first-order valence-corrected chi connectivity index (χ1v) is 6.32. The zero-order valence-corrected chi connectivity index (χ0v) is 11.0. The third kappa shape index (κ3) is 2.76. The maximum absolute atomic E-state index is 10.8. The van der Waals surface area contributed by atoms with Gasteiger partial charge in [0, 0.05) is 11.1 Å². The molecule has 0 radical (unpaired) electrons. The lowest BCUT2D eigenvalue weighted by Crippen LogP contribution is -1.97. The molecule has 0 bridgehead atoms. The molecule has 0 saturated heterocycles. The summed E-state index contributed by atoms with van der Waals surface area (Å²) in [5.41, 5.74) is 1.89. The maximum Gasteiger partial charge on any atom is 0.335 e. The Morgan fingerprint density at radius 3 is 1.95 bits per heavy atom. The van der Waals surface area contributed by atoms with Crippen LogP contribution in [0.5, 0.6) is 0 Å². The van der Waals surface area contributed by atoms with Gasteiger partial charge in [0.25, 0.3) is 0 Å². The Bertz CT molecular complexity index is 771. The SMILES string of the molecule is O=C(O)c1ccc(-c2ncnc(-c3ccccc3)n2)cc1. The van der Waals surface area contributed by atoms with E-state index in [1.165, 1.54) is 18.5 Å². The van der Waals surface area contributed by atoms with Gasteiger partial charge in [-0.2, -0.15) is 0 Å². The van der Waals surface area contributed by atoms with E-state index in [9.17, 15) is 4.79 Å². The lowest BCUT2D eigenvalue weighted by molar-refractivity contribution is 0.0697. The average Bonchev–Trinajstić information content (AvgIpc) is 2.56. The van der Waals surface area contributed by atoms with E-state index in [4.69, 9.17) is 5.11 Å². The van der Waals surface area contributed by atoms with Crippen molar-refractivity contribution in [2.45, 2.75) is 0 Å². The Labute approximate surface area is 121 Å². The Balaban J connectivity index is 1.98. The van der Waals surface area contributed by atoms with Crippen LogP contribution in [0.25, 0.3) is 22.8 Å². The Morgan fingerprint density at radius 1 is 0.810 bits per heavy atom. The molecule has 0 spiro atoms. The predicted molar refractivity (Wildman–Crippen MR) is 77.7 cm³/mol. The van der Waals surface area contributed by atoms with Crippen LogP contribution in [-0.4, -0.2) is 26.0 Å². The van der Waals surface area contributed by atoms with Gasteiger partial charge in [-0.3, -0.25) is 0 Å². The summed E-state index contributed by atoms with van der Waals surface area (Å²) in [7, 11) is 0. The lowest BCUT2D eigenvalue weighted by atomic mass is 10.1. The van der Waals surface area contributed by atoms with Crippen molar-refractivity contribution in [3.63, 3.8) is 0 Å². The summed E-state index contributed by atoms with van der Waals surface area (Å²) >= 11 is 0. The average molecular weight is 277 g/mol. The van der Waals surface area contributed by atoms with Crippen molar-refractivity contribution in [1.82, 2.24) is 15.0 Å². The van der Waals surface area contributed by atoms with Crippen molar-refractivity contribution in [3.8, 4) is 22.8 Å². The molecule has 0 atom stereocenters. The molecule has 0 aliphatic rings. The van der Waals surface area contributed by atoms with E-state index in [1.54, 1.807) is 12.1 Å². The van der Waals surface area contributed by atoms with E-state index in [-0.39, 0.29) is 5.56 Å². The van der Waals surface area contributed by atoms with Crippen molar-refractivity contribution < 1.29 is 9.90 Å². The summed E-state index contributed by atoms with van der Waals surface area (Å²) in [6.07, 6.45) is 1.45. The number of carboxylic acids is 1. The van der Waals surface area contributed by atoms with Crippen molar-refractivity contribution >= 4 is 5.97 Å². The Kier molecular flexibility index (Phi) is 3.39. The second-order valence-corrected chi connectivity index (χ2v) is 4.38. The first-order chi connectivity index (χ1) is 10.2. The first kappa shape index (κ1) is 12.9. The molecule has 0 fully saturated rings. The Hall–Kier alpha value is -3.08. The molecule has 0 aliphatic heterocycles. The van der Waals surface area contributed by atoms with Gasteiger partial charge in [-0.25, -0.2) is 19.7 Å². The molecular formula is C16H11N3O2. The molecule has 0 saturated carbocycles. The molecule has 0 aliphatic carbocycles. The highest BCUT2D eigenvalue weighted by Gasteiger charge is 2.07. The Morgan fingerprint density at radius 2 is 1.38 bits per heavy atom. The summed E-state index contributed by atoms with van der Waals surface area (Å²) in [6.45, 7) is 0. The van der Waals surface area contributed by atoms with E-state index in [2.05, 4.69) is 15.0 Å². The molecule has 21 heavy (non-hydrogen) atoms. The number of hydrogen-bond acceptors (Lipinski definition) is 4. The van der Waals surface area contributed by atoms with Crippen molar-refractivity contribution in [2.75, 3.05) is 0 Å². The van der Waals surface area contributed by atoms with Crippen molar-refractivity contribution in [1.29, 1.82) is 0 Å². The number of carboxylic acid groups (broad SMARTS) is 1. The van der Waals surface area contributed by atoms with E-state index in [0.29, 0.717) is 11.6 Å². The highest BCUT2D eigenvalue weighted by molar-refractivity contribution is 5.88. The maximum atomic E-state index is 10.8. The van der Waals surface area contributed by atoms with E-state index < -0.39 is 5.97 Å². The zero-order chi connectivity index (χ0) is 14.7. The van der Waals surface area contributed by atoms with Crippen LogP contribution >= 0.6 is 0 Å². The summed E-state index contributed by atoms with van der Waals surface area (Å²) in [4.78, 5) is 23.6. The molecule has 0 unspecified atom stereocenters. The van der Waals surface area contributed by atoms with Crippen LogP contribution in [0.4, 0.5) is 0 Å². The molecule has 1 aromatic heterocycles. The number of aromatic carboxylic acids is 1.